The lowest BCUT2D eigenvalue weighted by Gasteiger charge is -2.31. The molecule has 3 aliphatic heterocycles. The molecule has 1 aromatic carbocycles. The number of carbonyl (C=O) groups excluding carboxylic acids is 3. The molecule has 2 saturated carbocycles. The quantitative estimate of drug-likeness (QED) is 0.180. The highest BCUT2D eigenvalue weighted by atomic mass is 19.3. The predicted octanol–water partition coefficient (Wildman–Crippen LogP) is 6.19. The van der Waals surface area contributed by atoms with Gasteiger partial charge in [-0.05, 0) is 99.0 Å². The topological polar surface area (TPSA) is 132 Å². The van der Waals surface area contributed by atoms with Crippen LogP contribution in [-0.4, -0.2) is 108 Å². The van der Waals surface area contributed by atoms with E-state index in [9.17, 15) is 28.0 Å². The number of anilines is 4. The second-order valence-electron chi connectivity index (χ2n) is 16.5. The summed E-state index contributed by atoms with van der Waals surface area (Å²) in [5.74, 6) is -1.29. The molecule has 0 N–H and O–H groups in total. The number of hydrogen-bond acceptors (Lipinski definition) is 9. The summed E-state index contributed by atoms with van der Waals surface area (Å²) >= 11 is 0. The van der Waals surface area contributed by atoms with Gasteiger partial charge in [-0.2, -0.15) is 5.10 Å². The van der Waals surface area contributed by atoms with Gasteiger partial charge in [-0.1, -0.05) is 0 Å². The molecule has 2 aliphatic carbocycles. The first kappa shape index (κ1) is 39.3. The minimum Gasteiger partial charge on any atom is -0.339 e. The number of hydrogen-bond donors (Lipinski definition) is 0. The Hall–Kier alpha value is -6.19. The van der Waals surface area contributed by atoms with Crippen LogP contribution in [0, 0.1) is 0 Å². The Bertz CT molecular complexity index is 2480. The number of benzene rings is 1. The fourth-order valence-corrected chi connectivity index (χ4v) is 8.36. The molecule has 60 heavy (non-hydrogen) atoms. The molecule has 5 aliphatic rings. The standard InChI is InChI=1S/C23H24F2N4O2.C21H24N6O2/c1-27-14-16-12-18(5-6-19(16)22(27)31)29(17-3-4-17)20-7-2-15(13-26-20)21(30)28-10-8-23(24,25)9-11-28;1-24-21(29)26-12-9-17(13-19(26)23-24)27(16-6-7-16)18-8-5-15(14-22-18)20(28)25-10-3-2-4-11-25/h2,5-7,12-13,17H,3-4,8-11,14H2,1H3;5,8-9,12-14,16H,2-4,6-7,10-11H2,1H3. The molecule has 2 saturated heterocycles. The van der Waals surface area contributed by atoms with Crippen molar-refractivity contribution < 1.29 is 23.2 Å². The smallest absolute Gasteiger partial charge is 0.339 e. The summed E-state index contributed by atoms with van der Waals surface area (Å²) in [5, 5.41) is 4.29. The molecule has 4 fully saturated rings. The molecule has 0 bridgehead atoms. The van der Waals surface area contributed by atoms with Crippen LogP contribution < -0.4 is 15.5 Å². The lowest BCUT2D eigenvalue weighted by atomic mass is 10.1. The van der Waals surface area contributed by atoms with Crippen LogP contribution in [0.25, 0.3) is 5.65 Å². The normalized spacial score (nSPS) is 18.5. The first-order valence-electron chi connectivity index (χ1n) is 20.8. The van der Waals surface area contributed by atoms with Crippen LogP contribution in [0.5, 0.6) is 0 Å². The summed E-state index contributed by atoms with van der Waals surface area (Å²) in [7, 11) is 3.44. The molecule has 0 spiro atoms. The van der Waals surface area contributed by atoms with Gasteiger partial charge in [0.1, 0.15) is 11.6 Å². The first-order chi connectivity index (χ1) is 28.9. The van der Waals surface area contributed by atoms with Crippen LogP contribution >= 0.6 is 0 Å². The number of carbonyl (C=O) groups is 3. The van der Waals surface area contributed by atoms with Gasteiger partial charge in [-0.3, -0.25) is 18.8 Å². The first-order valence-corrected chi connectivity index (χ1v) is 20.8. The Labute approximate surface area is 346 Å². The van der Waals surface area contributed by atoms with Gasteiger partial charge in [0.2, 0.25) is 0 Å². The maximum absolute atomic E-state index is 13.4. The van der Waals surface area contributed by atoms with Crippen molar-refractivity contribution >= 4 is 46.4 Å². The highest BCUT2D eigenvalue weighted by molar-refractivity contribution is 5.99. The molecule has 3 amide bonds. The zero-order valence-electron chi connectivity index (χ0n) is 33.8. The van der Waals surface area contributed by atoms with E-state index in [0.717, 1.165) is 85.8 Å². The van der Waals surface area contributed by atoms with E-state index < -0.39 is 5.92 Å². The monoisotopic (exact) mass is 818 g/mol. The van der Waals surface area contributed by atoms with Crippen molar-refractivity contribution in [1.29, 1.82) is 0 Å². The molecule has 4 aromatic heterocycles. The summed E-state index contributed by atoms with van der Waals surface area (Å²) in [5.41, 5.74) is 5.17. The SMILES string of the molecule is CN1Cc2cc(N(c3ccc(C(=O)N4CCC(F)(F)CC4)cn3)C3CC3)ccc2C1=O.Cn1nc2cc(N(c3ccc(C(=O)N4CCCCC4)cn3)C3CC3)ccn2c1=O. The number of fused-ring (bicyclic) bond motifs is 2. The van der Waals surface area contributed by atoms with Crippen LogP contribution in [0.3, 0.4) is 0 Å². The number of likely N-dealkylation sites (tertiary alicyclic amines) is 2. The average Bonchev–Trinajstić information content (AvgIpc) is 4.21. The van der Waals surface area contributed by atoms with E-state index in [4.69, 9.17) is 0 Å². The minimum absolute atomic E-state index is 0.0380. The van der Waals surface area contributed by atoms with Crippen molar-refractivity contribution in [3.8, 4) is 0 Å². The van der Waals surface area contributed by atoms with Gasteiger partial charge < -0.3 is 24.5 Å². The highest BCUT2D eigenvalue weighted by Crippen LogP contribution is 2.40. The summed E-state index contributed by atoms with van der Waals surface area (Å²) in [4.78, 5) is 68.2. The van der Waals surface area contributed by atoms with Gasteiger partial charge in [-0.15, -0.1) is 0 Å². The number of amides is 3. The van der Waals surface area contributed by atoms with E-state index in [1.165, 1.54) is 26.6 Å². The highest BCUT2D eigenvalue weighted by Gasteiger charge is 2.37. The molecular weight excluding hydrogens is 771 g/mol. The van der Waals surface area contributed by atoms with E-state index in [1.54, 1.807) is 37.5 Å². The zero-order valence-corrected chi connectivity index (χ0v) is 33.8. The van der Waals surface area contributed by atoms with Gasteiger partial charge >= 0.3 is 5.69 Å². The fourth-order valence-electron chi connectivity index (χ4n) is 8.36. The second-order valence-corrected chi connectivity index (χ2v) is 16.5. The third-order valence-corrected chi connectivity index (χ3v) is 12.0. The number of alkyl halides is 2. The molecule has 0 atom stereocenters. The number of aromatic nitrogens is 5. The summed E-state index contributed by atoms with van der Waals surface area (Å²) in [6.07, 6.45) is 12.0. The second kappa shape index (κ2) is 15.8. The molecule has 0 unspecified atom stereocenters. The Morgan fingerprint density at radius 3 is 1.83 bits per heavy atom. The van der Waals surface area contributed by atoms with Gasteiger partial charge in [0.05, 0.1) is 11.1 Å². The van der Waals surface area contributed by atoms with E-state index in [1.807, 2.05) is 53.4 Å². The van der Waals surface area contributed by atoms with E-state index in [2.05, 4.69) is 24.9 Å². The van der Waals surface area contributed by atoms with Crippen LogP contribution in [-0.2, 0) is 13.6 Å². The van der Waals surface area contributed by atoms with Gasteiger partial charge in [0, 0.05) is 113 Å². The molecule has 7 heterocycles. The van der Waals surface area contributed by atoms with E-state index in [-0.39, 0.29) is 49.3 Å². The summed E-state index contributed by atoms with van der Waals surface area (Å²) in [6.45, 7) is 2.38. The Morgan fingerprint density at radius 2 is 1.28 bits per heavy atom. The van der Waals surface area contributed by atoms with Gasteiger partial charge in [-0.25, -0.2) is 28.2 Å². The van der Waals surface area contributed by atoms with Gasteiger partial charge in [0.25, 0.3) is 23.6 Å². The number of piperidine rings is 2. The number of nitrogens with zero attached hydrogens (tertiary/aromatic N) is 10. The van der Waals surface area contributed by atoms with Crippen LogP contribution in [0.4, 0.5) is 31.8 Å². The Balaban J connectivity index is 0.000000154. The fraction of sp³-hybridized carbons (Fsp3) is 0.432. The van der Waals surface area contributed by atoms with Crippen LogP contribution in [0.2, 0.25) is 0 Å². The lowest BCUT2D eigenvalue weighted by molar-refractivity contribution is -0.0494. The largest absolute Gasteiger partial charge is 0.350 e. The molecule has 0 radical (unpaired) electrons. The van der Waals surface area contributed by atoms with Crippen LogP contribution in [0.1, 0.15) is 94.4 Å². The third kappa shape index (κ3) is 7.94. The number of aryl methyl sites for hydroxylation is 1. The number of halogens is 2. The molecule has 5 aromatic rings. The van der Waals surface area contributed by atoms with Crippen molar-refractivity contribution in [2.75, 3.05) is 43.0 Å². The molecular formula is C44H48F2N10O4. The maximum atomic E-state index is 13.4. The third-order valence-electron chi connectivity index (χ3n) is 12.0. The summed E-state index contributed by atoms with van der Waals surface area (Å²) < 4.78 is 29.6. The zero-order chi connectivity index (χ0) is 41.7. The Kier molecular flexibility index (Phi) is 10.3. The lowest BCUT2D eigenvalue weighted by Crippen LogP contribution is -2.42. The predicted molar refractivity (Wildman–Crippen MR) is 221 cm³/mol. The minimum atomic E-state index is -2.68. The van der Waals surface area contributed by atoms with E-state index >= 15 is 0 Å². The van der Waals surface area contributed by atoms with Crippen molar-refractivity contribution in [2.45, 2.75) is 82.3 Å². The molecule has 10 rings (SSSR count). The number of rotatable bonds is 8. The summed E-state index contributed by atoms with van der Waals surface area (Å²) in [6, 6.07) is 17.7. The Morgan fingerprint density at radius 1 is 0.717 bits per heavy atom. The molecule has 16 heteroatoms. The average molecular weight is 819 g/mol. The number of pyridine rings is 3. The van der Waals surface area contributed by atoms with Crippen LogP contribution in [0.15, 0.2) is 78.0 Å². The van der Waals surface area contributed by atoms with Gasteiger partial charge in [0.15, 0.2) is 5.65 Å². The van der Waals surface area contributed by atoms with E-state index in [0.29, 0.717) is 35.4 Å². The van der Waals surface area contributed by atoms with Crippen molar-refractivity contribution in [3.63, 3.8) is 0 Å². The molecule has 14 nitrogen and oxygen atoms in total. The van der Waals surface area contributed by atoms with Crippen molar-refractivity contribution in [2.24, 2.45) is 7.05 Å². The van der Waals surface area contributed by atoms with Crippen molar-refractivity contribution in [3.05, 3.63) is 106 Å². The molecule has 312 valence electrons. The van der Waals surface area contributed by atoms with Crippen molar-refractivity contribution in [1.82, 2.24) is 38.8 Å². The maximum Gasteiger partial charge on any atom is 0.350 e.